The average Bonchev–Trinajstić information content (AvgIpc) is 2.31. The van der Waals surface area contributed by atoms with E-state index in [-0.39, 0.29) is 5.82 Å². The summed E-state index contributed by atoms with van der Waals surface area (Å²) in [7, 11) is 1.50. The highest BCUT2D eigenvalue weighted by Gasteiger charge is 2.16. The van der Waals surface area contributed by atoms with Gasteiger partial charge in [-0.3, -0.25) is 0 Å². The first-order valence-electron chi connectivity index (χ1n) is 5.35. The molecule has 1 fully saturated rings. The van der Waals surface area contributed by atoms with E-state index < -0.39 is 0 Å². The quantitative estimate of drug-likeness (QED) is 0.807. The van der Waals surface area contributed by atoms with Gasteiger partial charge in [0.1, 0.15) is 0 Å². The number of piperidine rings is 1. The Balaban J connectivity index is 2.20. The zero-order valence-corrected chi connectivity index (χ0v) is 8.92. The zero-order chi connectivity index (χ0) is 10.7. The maximum absolute atomic E-state index is 13.2. The third-order valence-corrected chi connectivity index (χ3v) is 2.94. The van der Waals surface area contributed by atoms with Gasteiger partial charge in [0.25, 0.3) is 0 Å². The van der Waals surface area contributed by atoms with Gasteiger partial charge in [0, 0.05) is 6.54 Å². The van der Waals surface area contributed by atoms with E-state index in [2.05, 4.69) is 5.32 Å². The van der Waals surface area contributed by atoms with Crippen molar-refractivity contribution >= 4 is 0 Å². The molecule has 1 aliphatic heterocycles. The van der Waals surface area contributed by atoms with Crippen LogP contribution in [0.5, 0.6) is 5.75 Å². The lowest BCUT2D eigenvalue weighted by molar-refractivity contribution is 0.384. The Morgan fingerprint density at radius 1 is 1.47 bits per heavy atom. The number of methoxy groups -OCH3 is 1. The molecule has 1 N–H and O–H groups in total. The number of nitrogens with one attached hydrogen (secondary N) is 1. The summed E-state index contributed by atoms with van der Waals surface area (Å²) in [5.41, 5.74) is 1.17. The molecule has 0 unspecified atom stereocenters. The van der Waals surface area contributed by atoms with Crippen LogP contribution >= 0.6 is 0 Å². The monoisotopic (exact) mass is 209 g/mol. The SMILES string of the molecule is COc1cc([C@H]2CCCNC2)ccc1F. The van der Waals surface area contributed by atoms with Gasteiger partial charge in [-0.15, -0.1) is 0 Å². The summed E-state index contributed by atoms with van der Waals surface area (Å²) in [5.74, 6) is 0.552. The van der Waals surface area contributed by atoms with E-state index in [0.717, 1.165) is 13.1 Å². The largest absolute Gasteiger partial charge is 0.494 e. The van der Waals surface area contributed by atoms with Crippen molar-refractivity contribution in [1.82, 2.24) is 5.32 Å². The molecular weight excluding hydrogens is 193 g/mol. The fourth-order valence-electron chi connectivity index (χ4n) is 2.07. The van der Waals surface area contributed by atoms with Gasteiger partial charge in [0.05, 0.1) is 7.11 Å². The first-order chi connectivity index (χ1) is 7.31. The van der Waals surface area contributed by atoms with Gasteiger partial charge >= 0.3 is 0 Å². The second-order valence-electron chi connectivity index (χ2n) is 3.94. The van der Waals surface area contributed by atoms with Crippen molar-refractivity contribution in [2.45, 2.75) is 18.8 Å². The van der Waals surface area contributed by atoms with Crippen LogP contribution in [0.25, 0.3) is 0 Å². The topological polar surface area (TPSA) is 21.3 Å². The average molecular weight is 209 g/mol. The number of hydrogen-bond donors (Lipinski definition) is 1. The minimum atomic E-state index is -0.287. The predicted molar refractivity (Wildman–Crippen MR) is 57.8 cm³/mol. The van der Waals surface area contributed by atoms with Crippen molar-refractivity contribution < 1.29 is 9.13 Å². The second kappa shape index (κ2) is 4.62. The summed E-state index contributed by atoms with van der Waals surface area (Å²) in [6.07, 6.45) is 2.35. The molecule has 1 heterocycles. The minimum Gasteiger partial charge on any atom is -0.494 e. The lowest BCUT2D eigenvalue weighted by Gasteiger charge is -2.23. The molecule has 82 valence electrons. The Kier molecular flexibility index (Phi) is 3.21. The van der Waals surface area contributed by atoms with E-state index in [1.54, 1.807) is 0 Å². The zero-order valence-electron chi connectivity index (χ0n) is 8.92. The molecule has 0 aromatic heterocycles. The Hall–Kier alpha value is -1.09. The molecule has 0 saturated carbocycles. The number of halogens is 1. The van der Waals surface area contributed by atoms with Crippen molar-refractivity contribution in [3.05, 3.63) is 29.6 Å². The third kappa shape index (κ3) is 2.29. The molecule has 2 nitrogen and oxygen atoms in total. The minimum absolute atomic E-state index is 0.287. The van der Waals surface area contributed by atoms with Gasteiger partial charge < -0.3 is 10.1 Å². The smallest absolute Gasteiger partial charge is 0.165 e. The van der Waals surface area contributed by atoms with Crippen molar-refractivity contribution in [1.29, 1.82) is 0 Å². The molecule has 0 amide bonds. The Labute approximate surface area is 89.4 Å². The van der Waals surface area contributed by atoms with Crippen LogP contribution in [-0.4, -0.2) is 20.2 Å². The molecular formula is C12H16FNO. The van der Waals surface area contributed by atoms with Crippen LogP contribution in [0.3, 0.4) is 0 Å². The van der Waals surface area contributed by atoms with Crippen molar-refractivity contribution in [2.75, 3.05) is 20.2 Å². The van der Waals surface area contributed by atoms with Crippen molar-refractivity contribution in [3.63, 3.8) is 0 Å². The third-order valence-electron chi connectivity index (χ3n) is 2.94. The highest BCUT2D eigenvalue weighted by Crippen LogP contribution is 2.27. The summed E-state index contributed by atoms with van der Waals surface area (Å²) < 4.78 is 18.2. The van der Waals surface area contributed by atoms with Crippen LogP contribution in [-0.2, 0) is 0 Å². The second-order valence-corrected chi connectivity index (χ2v) is 3.94. The maximum atomic E-state index is 13.2. The molecule has 1 saturated heterocycles. The normalized spacial score (nSPS) is 21.3. The first kappa shape index (κ1) is 10.4. The number of hydrogen-bond acceptors (Lipinski definition) is 2. The molecule has 2 rings (SSSR count). The molecule has 0 spiro atoms. The molecule has 3 heteroatoms. The summed E-state index contributed by atoms with van der Waals surface area (Å²) in [6, 6.07) is 5.16. The van der Waals surface area contributed by atoms with Gasteiger partial charge in [-0.1, -0.05) is 6.07 Å². The van der Waals surface area contributed by atoms with Crippen LogP contribution < -0.4 is 10.1 Å². The lowest BCUT2D eigenvalue weighted by Crippen LogP contribution is -2.28. The molecule has 15 heavy (non-hydrogen) atoms. The summed E-state index contributed by atoms with van der Waals surface area (Å²) >= 11 is 0. The number of rotatable bonds is 2. The molecule has 0 aliphatic carbocycles. The van der Waals surface area contributed by atoms with E-state index in [1.165, 1.54) is 31.6 Å². The van der Waals surface area contributed by atoms with Gasteiger partial charge in [-0.2, -0.15) is 0 Å². The van der Waals surface area contributed by atoms with Crippen LogP contribution in [0.15, 0.2) is 18.2 Å². The molecule has 1 aliphatic rings. The Bertz CT molecular complexity index is 334. The van der Waals surface area contributed by atoms with Gasteiger partial charge in [0.15, 0.2) is 11.6 Å². The predicted octanol–water partition coefficient (Wildman–Crippen LogP) is 2.30. The fraction of sp³-hybridized carbons (Fsp3) is 0.500. The summed E-state index contributed by atoms with van der Waals surface area (Å²) in [5, 5.41) is 3.35. The van der Waals surface area contributed by atoms with E-state index in [0.29, 0.717) is 11.7 Å². The summed E-state index contributed by atoms with van der Waals surface area (Å²) in [6.45, 7) is 2.07. The van der Waals surface area contributed by atoms with Crippen molar-refractivity contribution in [2.24, 2.45) is 0 Å². The highest BCUT2D eigenvalue weighted by atomic mass is 19.1. The van der Waals surface area contributed by atoms with Gasteiger partial charge in [-0.25, -0.2) is 4.39 Å². The Morgan fingerprint density at radius 2 is 2.33 bits per heavy atom. The van der Waals surface area contributed by atoms with Crippen LogP contribution in [0.4, 0.5) is 4.39 Å². The van der Waals surface area contributed by atoms with Crippen LogP contribution in [0.2, 0.25) is 0 Å². The van der Waals surface area contributed by atoms with Crippen LogP contribution in [0, 0.1) is 5.82 Å². The molecule has 1 aromatic rings. The number of benzene rings is 1. The van der Waals surface area contributed by atoms with Crippen LogP contribution in [0.1, 0.15) is 24.3 Å². The fourth-order valence-corrected chi connectivity index (χ4v) is 2.07. The lowest BCUT2D eigenvalue weighted by atomic mass is 9.91. The molecule has 0 bridgehead atoms. The maximum Gasteiger partial charge on any atom is 0.165 e. The molecule has 1 aromatic carbocycles. The Morgan fingerprint density at radius 3 is 3.00 bits per heavy atom. The van der Waals surface area contributed by atoms with E-state index >= 15 is 0 Å². The molecule has 1 atom stereocenters. The van der Waals surface area contributed by atoms with Crippen molar-refractivity contribution in [3.8, 4) is 5.75 Å². The number of ether oxygens (including phenoxy) is 1. The van der Waals surface area contributed by atoms with Gasteiger partial charge in [0.2, 0.25) is 0 Å². The molecule has 0 radical (unpaired) electrons. The highest BCUT2D eigenvalue weighted by molar-refractivity contribution is 5.32. The van der Waals surface area contributed by atoms with Gasteiger partial charge in [-0.05, 0) is 43.0 Å². The summed E-state index contributed by atoms with van der Waals surface area (Å²) in [4.78, 5) is 0. The van der Waals surface area contributed by atoms with E-state index in [1.807, 2.05) is 12.1 Å². The van der Waals surface area contributed by atoms with E-state index in [9.17, 15) is 4.39 Å². The van der Waals surface area contributed by atoms with E-state index in [4.69, 9.17) is 4.74 Å². The standard InChI is InChI=1S/C12H16FNO/c1-15-12-7-9(4-5-11(12)13)10-3-2-6-14-8-10/h4-5,7,10,14H,2-3,6,8H2,1H3/t10-/m0/s1. The first-order valence-corrected chi connectivity index (χ1v) is 5.35.